The molecule has 3 N–H and O–H groups in total. The van der Waals surface area contributed by atoms with Crippen molar-refractivity contribution in [2.45, 2.75) is 11.3 Å². The van der Waals surface area contributed by atoms with E-state index >= 15 is 0 Å². The van der Waals surface area contributed by atoms with E-state index in [-0.39, 0.29) is 10.6 Å². The molecule has 0 saturated heterocycles. The molecule has 0 aromatic heterocycles. The van der Waals surface area contributed by atoms with Crippen LogP contribution in [-0.2, 0) is 16.3 Å². The first kappa shape index (κ1) is 15.7. The van der Waals surface area contributed by atoms with Gasteiger partial charge in [-0.3, -0.25) is 0 Å². The van der Waals surface area contributed by atoms with Crippen molar-refractivity contribution in [3.05, 3.63) is 53.1 Å². The van der Waals surface area contributed by atoms with Gasteiger partial charge in [-0.25, -0.2) is 8.42 Å². The second-order valence-electron chi connectivity index (χ2n) is 4.79. The minimum absolute atomic E-state index is 0.152. The molecule has 6 heteroatoms. The van der Waals surface area contributed by atoms with Gasteiger partial charge in [0, 0.05) is 17.8 Å². The van der Waals surface area contributed by atoms with E-state index in [1.807, 2.05) is 24.3 Å². The Morgan fingerprint density at radius 3 is 2.43 bits per heavy atom. The number of nitrogen functional groups attached to an aromatic ring is 1. The van der Waals surface area contributed by atoms with Crippen molar-refractivity contribution in [2.24, 2.45) is 0 Å². The zero-order valence-corrected chi connectivity index (χ0v) is 13.2. The highest BCUT2D eigenvalue weighted by molar-refractivity contribution is 7.90. The van der Waals surface area contributed by atoms with Crippen LogP contribution in [-0.4, -0.2) is 21.2 Å². The van der Waals surface area contributed by atoms with Gasteiger partial charge in [0.05, 0.1) is 16.3 Å². The van der Waals surface area contributed by atoms with Crippen LogP contribution in [0.3, 0.4) is 0 Å². The molecule has 0 aliphatic rings. The predicted molar refractivity (Wildman–Crippen MR) is 87.6 cm³/mol. The lowest BCUT2D eigenvalue weighted by Gasteiger charge is -2.12. The number of halogens is 1. The van der Waals surface area contributed by atoms with Crippen LogP contribution in [0.5, 0.6) is 0 Å². The van der Waals surface area contributed by atoms with Crippen LogP contribution in [0.15, 0.2) is 47.4 Å². The van der Waals surface area contributed by atoms with Crippen LogP contribution in [0.2, 0.25) is 5.02 Å². The van der Waals surface area contributed by atoms with Crippen LogP contribution in [0.1, 0.15) is 5.56 Å². The summed E-state index contributed by atoms with van der Waals surface area (Å²) in [6.07, 6.45) is 1.94. The molecule has 112 valence electrons. The van der Waals surface area contributed by atoms with Crippen LogP contribution >= 0.6 is 11.6 Å². The van der Waals surface area contributed by atoms with Crippen LogP contribution in [0.25, 0.3) is 0 Å². The molecule has 4 nitrogen and oxygen atoms in total. The van der Waals surface area contributed by atoms with Gasteiger partial charge in [0.1, 0.15) is 0 Å². The molecule has 0 unspecified atom stereocenters. The van der Waals surface area contributed by atoms with Crippen molar-refractivity contribution in [2.75, 3.05) is 23.9 Å². The van der Waals surface area contributed by atoms with E-state index in [0.29, 0.717) is 17.3 Å². The Morgan fingerprint density at radius 1 is 1.14 bits per heavy atom. The number of para-hydroxylation sites is 1. The summed E-state index contributed by atoms with van der Waals surface area (Å²) in [5, 5.41) is 3.87. The molecule has 0 radical (unpaired) electrons. The lowest BCUT2D eigenvalue weighted by atomic mass is 10.1. The summed E-state index contributed by atoms with van der Waals surface area (Å²) in [5.74, 6) is 0. The zero-order valence-electron chi connectivity index (χ0n) is 11.6. The first-order chi connectivity index (χ1) is 9.88. The van der Waals surface area contributed by atoms with Crippen molar-refractivity contribution in [3.8, 4) is 0 Å². The van der Waals surface area contributed by atoms with Crippen molar-refractivity contribution in [1.29, 1.82) is 0 Å². The minimum atomic E-state index is -3.32. The minimum Gasteiger partial charge on any atom is -0.396 e. The number of hydrogen-bond acceptors (Lipinski definition) is 4. The maximum atomic E-state index is 11.6. The molecule has 2 rings (SSSR count). The van der Waals surface area contributed by atoms with Crippen molar-refractivity contribution in [1.82, 2.24) is 0 Å². The quantitative estimate of drug-likeness (QED) is 0.829. The van der Waals surface area contributed by atoms with Gasteiger partial charge >= 0.3 is 0 Å². The number of rotatable bonds is 5. The molecule has 0 bridgehead atoms. The number of nitrogens with one attached hydrogen (secondary N) is 1. The fourth-order valence-electron chi connectivity index (χ4n) is 2.01. The normalized spacial score (nSPS) is 11.3. The van der Waals surface area contributed by atoms with Gasteiger partial charge in [-0.05, 0) is 36.2 Å². The monoisotopic (exact) mass is 324 g/mol. The van der Waals surface area contributed by atoms with Crippen LogP contribution in [0, 0.1) is 0 Å². The summed E-state index contributed by atoms with van der Waals surface area (Å²) in [4.78, 5) is 0.152. The van der Waals surface area contributed by atoms with Gasteiger partial charge in [0.2, 0.25) is 0 Å². The van der Waals surface area contributed by atoms with E-state index in [4.69, 9.17) is 17.3 Å². The molecule has 2 aromatic carbocycles. The van der Waals surface area contributed by atoms with Gasteiger partial charge in [-0.15, -0.1) is 0 Å². The number of sulfone groups is 1. The van der Waals surface area contributed by atoms with Crippen molar-refractivity contribution >= 4 is 32.8 Å². The third-order valence-electron chi connectivity index (χ3n) is 3.11. The lowest BCUT2D eigenvalue weighted by Crippen LogP contribution is -2.09. The van der Waals surface area contributed by atoms with E-state index in [0.717, 1.165) is 18.2 Å². The molecule has 0 heterocycles. The van der Waals surface area contributed by atoms with E-state index in [1.165, 1.54) is 6.07 Å². The van der Waals surface area contributed by atoms with Crippen molar-refractivity contribution in [3.63, 3.8) is 0 Å². The molecular weight excluding hydrogens is 308 g/mol. The van der Waals surface area contributed by atoms with E-state index in [2.05, 4.69) is 5.32 Å². The Labute approximate surface area is 129 Å². The molecule has 0 aliphatic carbocycles. The van der Waals surface area contributed by atoms with Gasteiger partial charge in [-0.1, -0.05) is 29.8 Å². The second kappa shape index (κ2) is 6.37. The highest BCUT2D eigenvalue weighted by Gasteiger charge is 2.13. The molecular formula is C15H17ClN2O2S. The molecule has 0 amide bonds. The molecule has 0 atom stereocenters. The van der Waals surface area contributed by atoms with Crippen LogP contribution in [0.4, 0.5) is 11.4 Å². The lowest BCUT2D eigenvalue weighted by molar-refractivity contribution is 0.602. The number of anilines is 2. The SMILES string of the molecule is CS(=O)(=O)c1cccc(NCCc2ccc(Cl)cc2)c1N. The third kappa shape index (κ3) is 4.12. The van der Waals surface area contributed by atoms with Gasteiger partial charge in [0.25, 0.3) is 0 Å². The van der Waals surface area contributed by atoms with E-state index in [9.17, 15) is 8.42 Å². The highest BCUT2D eigenvalue weighted by atomic mass is 35.5. The van der Waals surface area contributed by atoms with Crippen LogP contribution < -0.4 is 11.1 Å². The number of nitrogens with two attached hydrogens (primary N) is 1. The first-order valence-electron chi connectivity index (χ1n) is 6.45. The van der Waals surface area contributed by atoms with Crippen molar-refractivity contribution < 1.29 is 8.42 Å². The zero-order chi connectivity index (χ0) is 15.5. The summed E-state index contributed by atoms with van der Waals surface area (Å²) >= 11 is 5.83. The summed E-state index contributed by atoms with van der Waals surface area (Å²) in [7, 11) is -3.32. The third-order valence-corrected chi connectivity index (χ3v) is 4.51. The topological polar surface area (TPSA) is 72.2 Å². The predicted octanol–water partition coefficient (Wildman–Crippen LogP) is 2.98. The standard InChI is InChI=1S/C15H17ClN2O2S/c1-21(19,20)14-4-2-3-13(15(14)17)18-10-9-11-5-7-12(16)8-6-11/h2-8,18H,9-10,17H2,1H3. The molecule has 0 spiro atoms. The Morgan fingerprint density at radius 2 is 1.81 bits per heavy atom. The maximum Gasteiger partial charge on any atom is 0.177 e. The van der Waals surface area contributed by atoms with Gasteiger partial charge in [0.15, 0.2) is 9.84 Å². The van der Waals surface area contributed by atoms with E-state index < -0.39 is 9.84 Å². The first-order valence-corrected chi connectivity index (χ1v) is 8.72. The fraction of sp³-hybridized carbons (Fsp3) is 0.200. The average molecular weight is 325 g/mol. The number of hydrogen-bond donors (Lipinski definition) is 2. The van der Waals surface area contributed by atoms with Gasteiger partial charge in [-0.2, -0.15) is 0 Å². The Balaban J connectivity index is 2.05. The number of benzene rings is 2. The maximum absolute atomic E-state index is 11.6. The Bertz CT molecular complexity index is 728. The largest absolute Gasteiger partial charge is 0.396 e. The molecule has 21 heavy (non-hydrogen) atoms. The Hall–Kier alpha value is -1.72. The highest BCUT2D eigenvalue weighted by Crippen LogP contribution is 2.26. The fourth-order valence-corrected chi connectivity index (χ4v) is 2.98. The molecule has 0 aliphatic heterocycles. The summed E-state index contributed by atoms with van der Waals surface area (Å²) in [6.45, 7) is 0.652. The smallest absolute Gasteiger partial charge is 0.177 e. The van der Waals surface area contributed by atoms with E-state index in [1.54, 1.807) is 12.1 Å². The van der Waals surface area contributed by atoms with Gasteiger partial charge < -0.3 is 11.1 Å². The second-order valence-corrected chi connectivity index (χ2v) is 7.21. The average Bonchev–Trinajstić information content (AvgIpc) is 2.41. The summed E-state index contributed by atoms with van der Waals surface area (Å²) < 4.78 is 23.2. The Kier molecular flexibility index (Phi) is 4.75. The molecule has 0 saturated carbocycles. The molecule has 2 aromatic rings. The molecule has 0 fully saturated rings. The summed E-state index contributed by atoms with van der Waals surface area (Å²) in [5.41, 5.74) is 7.94. The summed E-state index contributed by atoms with van der Waals surface area (Å²) in [6, 6.07) is 12.6.